The molecule has 0 heterocycles. The van der Waals surface area contributed by atoms with Crippen LogP contribution in [0.25, 0.3) is 0 Å². The molecule has 1 N–H and O–H groups in total. The van der Waals surface area contributed by atoms with Crippen molar-refractivity contribution < 1.29 is 9.59 Å². The Morgan fingerprint density at radius 1 is 1.00 bits per heavy atom. The number of hydrogen-bond acceptors (Lipinski definition) is 4. The fourth-order valence-electron chi connectivity index (χ4n) is 1.24. The summed E-state index contributed by atoms with van der Waals surface area (Å²) in [6, 6.07) is 0. The Labute approximate surface area is 92.0 Å². The number of hydrogen-bond donors (Lipinski definition) is 1. The first-order valence-electron chi connectivity index (χ1n) is 5.42. The van der Waals surface area contributed by atoms with Gasteiger partial charge in [-0.1, -0.05) is 0 Å². The van der Waals surface area contributed by atoms with Crippen molar-refractivity contribution >= 4 is 11.6 Å². The maximum atomic E-state index is 10.9. The summed E-state index contributed by atoms with van der Waals surface area (Å²) in [7, 11) is 1.90. The largest absolute Gasteiger partial charge is 0.318 e. The number of carbonyl (C=O) groups excluding carboxylic acids is 2. The Balaban J connectivity index is 3.82. The summed E-state index contributed by atoms with van der Waals surface area (Å²) < 4.78 is 0. The number of ketones is 2. The second-order valence-electron chi connectivity index (χ2n) is 3.85. The van der Waals surface area contributed by atoms with Crippen LogP contribution >= 0.6 is 0 Å². The van der Waals surface area contributed by atoms with Gasteiger partial charge in [-0.25, -0.2) is 0 Å². The third-order valence-corrected chi connectivity index (χ3v) is 2.24. The van der Waals surface area contributed by atoms with E-state index < -0.39 is 0 Å². The van der Waals surface area contributed by atoms with E-state index in [1.165, 1.54) is 0 Å². The average molecular weight is 214 g/mol. The van der Waals surface area contributed by atoms with E-state index in [-0.39, 0.29) is 11.6 Å². The van der Waals surface area contributed by atoms with Gasteiger partial charge in [-0.3, -0.25) is 9.59 Å². The van der Waals surface area contributed by atoms with E-state index in [1.54, 1.807) is 13.8 Å². The van der Waals surface area contributed by atoms with Crippen molar-refractivity contribution in [2.75, 3.05) is 33.2 Å². The molecule has 0 unspecified atom stereocenters. The van der Waals surface area contributed by atoms with Gasteiger partial charge in [0.25, 0.3) is 0 Å². The minimum absolute atomic E-state index is 0.201. The molecule has 0 saturated carbocycles. The topological polar surface area (TPSA) is 49.4 Å². The number of carbonyl (C=O) groups is 2. The standard InChI is InChI=1S/C11H22N2O2/c1-10(14)4-7-13(9-6-12-3)8-5-11(2)15/h12H,4-9H2,1-3H3. The Bertz CT molecular complexity index is 187. The van der Waals surface area contributed by atoms with Gasteiger partial charge in [0.1, 0.15) is 11.6 Å². The van der Waals surface area contributed by atoms with Crippen LogP contribution in [0.1, 0.15) is 26.7 Å². The monoisotopic (exact) mass is 214 g/mol. The van der Waals surface area contributed by atoms with Gasteiger partial charge in [0.2, 0.25) is 0 Å². The van der Waals surface area contributed by atoms with E-state index >= 15 is 0 Å². The van der Waals surface area contributed by atoms with Crippen molar-refractivity contribution in [3.05, 3.63) is 0 Å². The maximum absolute atomic E-state index is 10.9. The van der Waals surface area contributed by atoms with Crippen LogP contribution in [0, 0.1) is 0 Å². The zero-order valence-corrected chi connectivity index (χ0v) is 10.0. The van der Waals surface area contributed by atoms with Crippen LogP contribution in [0.3, 0.4) is 0 Å². The van der Waals surface area contributed by atoms with Gasteiger partial charge in [0.15, 0.2) is 0 Å². The quantitative estimate of drug-likeness (QED) is 0.606. The Hall–Kier alpha value is -0.740. The number of nitrogens with one attached hydrogen (secondary N) is 1. The van der Waals surface area contributed by atoms with E-state index in [1.807, 2.05) is 7.05 Å². The fraction of sp³-hybridized carbons (Fsp3) is 0.818. The van der Waals surface area contributed by atoms with E-state index in [2.05, 4.69) is 10.2 Å². The molecule has 0 aromatic heterocycles. The molecule has 0 aliphatic heterocycles. The Kier molecular flexibility index (Phi) is 8.14. The van der Waals surface area contributed by atoms with Gasteiger partial charge >= 0.3 is 0 Å². The SMILES string of the molecule is CNCCN(CCC(C)=O)CCC(C)=O. The molecular weight excluding hydrogens is 192 g/mol. The summed E-state index contributed by atoms with van der Waals surface area (Å²) in [5.41, 5.74) is 0. The highest BCUT2D eigenvalue weighted by atomic mass is 16.1. The molecule has 0 fully saturated rings. The smallest absolute Gasteiger partial charge is 0.131 e. The second-order valence-corrected chi connectivity index (χ2v) is 3.85. The molecular formula is C11H22N2O2. The second kappa shape index (κ2) is 8.56. The lowest BCUT2D eigenvalue weighted by Gasteiger charge is -2.20. The van der Waals surface area contributed by atoms with Crippen LogP contribution < -0.4 is 5.32 Å². The van der Waals surface area contributed by atoms with Crippen molar-refractivity contribution in [3.63, 3.8) is 0 Å². The van der Waals surface area contributed by atoms with Gasteiger partial charge in [-0.15, -0.1) is 0 Å². The minimum atomic E-state index is 0.201. The number of nitrogens with zero attached hydrogens (tertiary/aromatic N) is 1. The first-order chi connectivity index (χ1) is 7.06. The number of likely N-dealkylation sites (N-methyl/N-ethyl adjacent to an activating group) is 1. The first kappa shape index (κ1) is 14.3. The maximum Gasteiger partial charge on any atom is 0.131 e. The summed E-state index contributed by atoms with van der Waals surface area (Å²) in [4.78, 5) is 23.9. The van der Waals surface area contributed by atoms with E-state index in [4.69, 9.17) is 0 Å². The van der Waals surface area contributed by atoms with Crippen LogP contribution in [-0.2, 0) is 9.59 Å². The summed E-state index contributed by atoms with van der Waals surface area (Å²) in [5, 5.41) is 3.06. The molecule has 0 atom stereocenters. The Morgan fingerprint density at radius 2 is 1.47 bits per heavy atom. The van der Waals surface area contributed by atoms with Crippen molar-refractivity contribution in [2.45, 2.75) is 26.7 Å². The van der Waals surface area contributed by atoms with E-state index in [0.717, 1.165) is 26.2 Å². The molecule has 88 valence electrons. The van der Waals surface area contributed by atoms with Gasteiger partial charge in [0, 0.05) is 39.0 Å². The van der Waals surface area contributed by atoms with Gasteiger partial charge in [-0.05, 0) is 20.9 Å². The molecule has 0 aliphatic rings. The molecule has 0 bridgehead atoms. The summed E-state index contributed by atoms with van der Waals surface area (Å²) >= 11 is 0. The highest BCUT2D eigenvalue weighted by Crippen LogP contribution is 1.95. The Morgan fingerprint density at radius 3 is 1.80 bits per heavy atom. The molecule has 0 aliphatic carbocycles. The summed E-state index contributed by atoms with van der Waals surface area (Å²) in [5.74, 6) is 0.402. The van der Waals surface area contributed by atoms with Crippen molar-refractivity contribution in [3.8, 4) is 0 Å². The zero-order valence-electron chi connectivity index (χ0n) is 10.0. The molecule has 0 saturated heterocycles. The van der Waals surface area contributed by atoms with Crippen LogP contribution in [-0.4, -0.2) is 49.7 Å². The van der Waals surface area contributed by atoms with Crippen molar-refractivity contribution in [1.29, 1.82) is 0 Å². The lowest BCUT2D eigenvalue weighted by Crippen LogP contribution is -2.33. The fourth-order valence-corrected chi connectivity index (χ4v) is 1.24. The molecule has 0 rings (SSSR count). The summed E-state index contributed by atoms with van der Waals surface area (Å²) in [6.07, 6.45) is 1.14. The van der Waals surface area contributed by atoms with Crippen LogP contribution in [0.4, 0.5) is 0 Å². The predicted molar refractivity (Wildman–Crippen MR) is 61.0 cm³/mol. The van der Waals surface area contributed by atoms with Crippen LogP contribution in [0.2, 0.25) is 0 Å². The van der Waals surface area contributed by atoms with Crippen molar-refractivity contribution in [1.82, 2.24) is 10.2 Å². The molecule has 4 nitrogen and oxygen atoms in total. The number of Topliss-reactive ketones (excluding diaryl/α,β-unsaturated/α-hetero) is 2. The third-order valence-electron chi connectivity index (χ3n) is 2.24. The van der Waals surface area contributed by atoms with Gasteiger partial charge in [0.05, 0.1) is 0 Å². The molecule has 0 radical (unpaired) electrons. The zero-order chi connectivity index (χ0) is 11.7. The van der Waals surface area contributed by atoms with Gasteiger partial charge in [-0.2, -0.15) is 0 Å². The van der Waals surface area contributed by atoms with Gasteiger partial charge < -0.3 is 10.2 Å². The highest BCUT2D eigenvalue weighted by molar-refractivity contribution is 5.76. The molecule has 0 amide bonds. The average Bonchev–Trinajstić information content (AvgIpc) is 2.16. The normalized spacial score (nSPS) is 10.7. The van der Waals surface area contributed by atoms with Crippen molar-refractivity contribution in [2.24, 2.45) is 0 Å². The molecule has 4 heteroatoms. The minimum Gasteiger partial charge on any atom is -0.318 e. The predicted octanol–water partition coefficient (Wildman–Crippen LogP) is 0.466. The molecule has 0 aromatic rings. The molecule has 0 spiro atoms. The number of rotatable bonds is 9. The lowest BCUT2D eigenvalue weighted by molar-refractivity contribution is -0.117. The van der Waals surface area contributed by atoms with E-state index in [0.29, 0.717) is 12.8 Å². The summed E-state index contributed by atoms with van der Waals surface area (Å²) in [6.45, 7) is 6.48. The van der Waals surface area contributed by atoms with Crippen LogP contribution in [0.5, 0.6) is 0 Å². The molecule has 15 heavy (non-hydrogen) atoms. The first-order valence-corrected chi connectivity index (χ1v) is 5.42. The third kappa shape index (κ3) is 9.56. The van der Waals surface area contributed by atoms with E-state index in [9.17, 15) is 9.59 Å². The molecule has 0 aromatic carbocycles. The highest BCUT2D eigenvalue weighted by Gasteiger charge is 2.06. The lowest BCUT2D eigenvalue weighted by atomic mass is 10.2. The van der Waals surface area contributed by atoms with Crippen LogP contribution in [0.15, 0.2) is 0 Å².